The maximum atomic E-state index is 13.3. The number of fused-ring (bicyclic) bond motifs is 1. The number of rotatable bonds is 6. The molecule has 3 aliphatic rings. The lowest BCUT2D eigenvalue weighted by atomic mass is 9.76. The van der Waals surface area contributed by atoms with Crippen molar-refractivity contribution < 1.29 is 18.8 Å². The van der Waals surface area contributed by atoms with Crippen LogP contribution in [0, 0.1) is 18.8 Å². The number of hydrogen-bond donors (Lipinski definition) is 0. The van der Waals surface area contributed by atoms with Gasteiger partial charge in [0.2, 0.25) is 11.8 Å². The summed E-state index contributed by atoms with van der Waals surface area (Å²) in [5.74, 6) is -0.436. The number of nitrogens with zero attached hydrogens (tertiary/aromatic N) is 3. The van der Waals surface area contributed by atoms with Crippen LogP contribution in [0.1, 0.15) is 16.9 Å². The fraction of sp³-hybridized carbons (Fsp3) is 0.435. The van der Waals surface area contributed by atoms with E-state index in [1.807, 2.05) is 17.1 Å². The molecule has 4 atom stereocenters. The van der Waals surface area contributed by atoms with E-state index in [4.69, 9.17) is 9.26 Å². The van der Waals surface area contributed by atoms with Gasteiger partial charge in [0.15, 0.2) is 5.76 Å². The Kier molecular flexibility index (Phi) is 4.50. The minimum Gasteiger partial charge on any atom is -0.360 e. The molecule has 2 aromatic rings. The number of ether oxygens (including phenoxy) is 1. The van der Waals surface area contributed by atoms with Crippen molar-refractivity contribution in [1.82, 2.24) is 15.0 Å². The third-order valence-corrected chi connectivity index (χ3v) is 6.52. The summed E-state index contributed by atoms with van der Waals surface area (Å²) in [7, 11) is 1.72. The minimum absolute atomic E-state index is 0.0142. The molecule has 1 spiro atoms. The van der Waals surface area contributed by atoms with Crippen molar-refractivity contribution in [3.63, 3.8) is 0 Å². The second-order valence-corrected chi connectivity index (χ2v) is 8.57. The van der Waals surface area contributed by atoms with Gasteiger partial charge >= 0.3 is 0 Å². The molecule has 2 bridgehead atoms. The smallest absolute Gasteiger partial charge is 0.230 e. The Bertz CT molecular complexity index is 984. The average Bonchev–Trinajstić information content (AvgIpc) is 3.50. The first-order valence-corrected chi connectivity index (χ1v) is 10.3. The summed E-state index contributed by atoms with van der Waals surface area (Å²) in [5, 5.41) is 3.68. The Labute approximate surface area is 175 Å². The highest BCUT2D eigenvalue weighted by molar-refractivity contribution is 5.93. The fourth-order valence-corrected chi connectivity index (χ4v) is 4.96. The zero-order valence-corrected chi connectivity index (χ0v) is 17.2. The Morgan fingerprint density at radius 2 is 2.10 bits per heavy atom. The first-order chi connectivity index (χ1) is 14.5. The minimum atomic E-state index is -0.678. The molecule has 0 radical (unpaired) electrons. The number of benzene rings is 1. The maximum Gasteiger partial charge on any atom is 0.230 e. The van der Waals surface area contributed by atoms with Crippen LogP contribution >= 0.6 is 0 Å². The highest BCUT2D eigenvalue weighted by Crippen LogP contribution is 2.52. The van der Waals surface area contributed by atoms with Crippen LogP contribution in [-0.2, 0) is 27.3 Å². The normalized spacial score (nSPS) is 28.9. The lowest BCUT2D eigenvalue weighted by Gasteiger charge is -2.27. The summed E-state index contributed by atoms with van der Waals surface area (Å²) < 4.78 is 11.3. The van der Waals surface area contributed by atoms with Crippen molar-refractivity contribution in [2.24, 2.45) is 11.8 Å². The molecule has 2 saturated heterocycles. The van der Waals surface area contributed by atoms with E-state index in [1.165, 1.54) is 11.1 Å². The molecule has 30 heavy (non-hydrogen) atoms. The molecule has 7 nitrogen and oxygen atoms in total. The van der Waals surface area contributed by atoms with Crippen molar-refractivity contribution in [2.75, 3.05) is 20.1 Å². The van der Waals surface area contributed by atoms with Crippen molar-refractivity contribution in [3.05, 3.63) is 65.6 Å². The highest BCUT2D eigenvalue weighted by atomic mass is 16.5. The molecule has 2 fully saturated rings. The Hall–Kier alpha value is -2.93. The summed E-state index contributed by atoms with van der Waals surface area (Å²) in [5.41, 5.74) is 1.74. The van der Waals surface area contributed by atoms with Gasteiger partial charge in [0.05, 0.1) is 37.2 Å². The molecule has 5 rings (SSSR count). The summed E-state index contributed by atoms with van der Waals surface area (Å²) in [6.07, 6.45) is 5.93. The molecule has 7 heteroatoms. The van der Waals surface area contributed by atoms with Crippen LogP contribution in [0.4, 0.5) is 0 Å². The highest BCUT2D eigenvalue weighted by Gasteiger charge is 2.66. The van der Waals surface area contributed by atoms with E-state index in [9.17, 15) is 9.59 Å². The molecule has 0 saturated carbocycles. The molecular formula is C23H25N3O4. The third-order valence-electron chi connectivity index (χ3n) is 6.52. The van der Waals surface area contributed by atoms with Gasteiger partial charge < -0.3 is 19.1 Å². The monoisotopic (exact) mass is 407 g/mol. The quantitative estimate of drug-likeness (QED) is 0.685. The Morgan fingerprint density at radius 1 is 1.30 bits per heavy atom. The van der Waals surface area contributed by atoms with Gasteiger partial charge in [-0.2, -0.15) is 0 Å². The molecule has 156 valence electrons. The zero-order chi connectivity index (χ0) is 20.9. The van der Waals surface area contributed by atoms with E-state index in [0.29, 0.717) is 25.4 Å². The van der Waals surface area contributed by atoms with Crippen LogP contribution in [0.2, 0.25) is 0 Å². The number of aromatic nitrogens is 1. The number of carbonyl (C=O) groups excluding carboxylic acids is 2. The van der Waals surface area contributed by atoms with Crippen LogP contribution in [0.15, 0.2) is 53.2 Å². The summed E-state index contributed by atoms with van der Waals surface area (Å²) in [6, 6.07) is 10.1. The second-order valence-electron chi connectivity index (χ2n) is 8.57. The summed E-state index contributed by atoms with van der Waals surface area (Å²) in [4.78, 5) is 30.0. The molecule has 1 aromatic carbocycles. The molecule has 2 amide bonds. The summed E-state index contributed by atoms with van der Waals surface area (Å²) in [6.45, 7) is 3.50. The topological polar surface area (TPSA) is 75.9 Å². The van der Waals surface area contributed by atoms with Gasteiger partial charge in [0, 0.05) is 19.7 Å². The Balaban J connectivity index is 1.30. The number of aryl methyl sites for hydroxylation is 1. The number of likely N-dealkylation sites (tertiary alicyclic amines) is 1. The van der Waals surface area contributed by atoms with E-state index in [2.05, 4.69) is 36.3 Å². The standard InChI is InChI=1S/C23H25N3O4/c1-15-3-5-16(6-4-15)9-12-26-14-23-10-7-18(29-23)19(20(23)22(26)28)21(27)25(2)13-17-8-11-24-30-17/h3-8,10-11,18-20H,9,12-14H2,1-2H3/t18-,19?,20?,23-/m1/s1. The van der Waals surface area contributed by atoms with E-state index < -0.39 is 17.4 Å². The number of hydrogen-bond acceptors (Lipinski definition) is 5. The summed E-state index contributed by atoms with van der Waals surface area (Å²) >= 11 is 0. The first kappa shape index (κ1) is 19.1. The van der Waals surface area contributed by atoms with Gasteiger partial charge in [-0.15, -0.1) is 0 Å². The predicted molar refractivity (Wildman–Crippen MR) is 108 cm³/mol. The lowest BCUT2D eigenvalue weighted by Crippen LogP contribution is -2.44. The fourth-order valence-electron chi connectivity index (χ4n) is 4.96. The van der Waals surface area contributed by atoms with Crippen molar-refractivity contribution >= 4 is 11.8 Å². The van der Waals surface area contributed by atoms with Crippen LogP contribution in [-0.4, -0.2) is 58.6 Å². The zero-order valence-electron chi connectivity index (χ0n) is 17.2. The lowest BCUT2D eigenvalue weighted by molar-refractivity contribution is -0.142. The second kappa shape index (κ2) is 7.09. The van der Waals surface area contributed by atoms with E-state index in [-0.39, 0.29) is 17.9 Å². The van der Waals surface area contributed by atoms with Crippen molar-refractivity contribution in [2.45, 2.75) is 31.6 Å². The van der Waals surface area contributed by atoms with Gasteiger partial charge in [-0.1, -0.05) is 47.1 Å². The van der Waals surface area contributed by atoms with Crippen molar-refractivity contribution in [1.29, 1.82) is 0 Å². The molecule has 0 N–H and O–H groups in total. The van der Waals surface area contributed by atoms with Gasteiger partial charge in [-0.25, -0.2) is 0 Å². The van der Waals surface area contributed by atoms with Crippen LogP contribution in [0.5, 0.6) is 0 Å². The predicted octanol–water partition coefficient (Wildman–Crippen LogP) is 1.97. The number of carbonyl (C=O) groups is 2. The van der Waals surface area contributed by atoms with Gasteiger partial charge in [-0.05, 0) is 18.9 Å². The van der Waals surface area contributed by atoms with E-state index >= 15 is 0 Å². The first-order valence-electron chi connectivity index (χ1n) is 10.3. The van der Waals surface area contributed by atoms with E-state index in [1.54, 1.807) is 24.2 Å². The van der Waals surface area contributed by atoms with Crippen LogP contribution < -0.4 is 0 Å². The molecule has 1 aromatic heterocycles. The van der Waals surface area contributed by atoms with Gasteiger partial charge in [0.25, 0.3) is 0 Å². The maximum absolute atomic E-state index is 13.3. The SMILES string of the molecule is Cc1ccc(CCN2C[C@@]34C=C[C@@H](O3)C(C(=O)N(C)Cc3ccno3)C4C2=O)cc1. The van der Waals surface area contributed by atoms with Gasteiger partial charge in [-0.3, -0.25) is 9.59 Å². The van der Waals surface area contributed by atoms with E-state index in [0.717, 1.165) is 6.42 Å². The Morgan fingerprint density at radius 3 is 2.83 bits per heavy atom. The third kappa shape index (κ3) is 3.04. The van der Waals surface area contributed by atoms with Crippen LogP contribution in [0.3, 0.4) is 0 Å². The largest absolute Gasteiger partial charge is 0.360 e. The molecule has 3 aliphatic heterocycles. The van der Waals surface area contributed by atoms with Gasteiger partial charge in [0.1, 0.15) is 5.60 Å². The van der Waals surface area contributed by atoms with Crippen LogP contribution in [0.25, 0.3) is 0 Å². The van der Waals surface area contributed by atoms with Crippen molar-refractivity contribution in [3.8, 4) is 0 Å². The molecule has 0 aliphatic carbocycles. The molecular weight excluding hydrogens is 382 g/mol. The molecule has 4 heterocycles. The average molecular weight is 407 g/mol. The number of amides is 2. The molecule has 2 unspecified atom stereocenters.